The number of rotatable bonds is 5. The number of hydrogen-bond acceptors (Lipinski definition) is 3. The van der Waals surface area contributed by atoms with E-state index in [1.165, 1.54) is 0 Å². The summed E-state index contributed by atoms with van der Waals surface area (Å²) in [7, 11) is 5.71. The lowest BCUT2D eigenvalue weighted by Crippen LogP contribution is -2.12. The van der Waals surface area contributed by atoms with Gasteiger partial charge in [0.25, 0.3) is 0 Å². The van der Waals surface area contributed by atoms with Crippen LogP contribution in [0.25, 0.3) is 0 Å². The maximum Gasteiger partial charge on any atom is 0.123 e. The minimum atomic E-state index is 0.686. The van der Waals surface area contributed by atoms with Gasteiger partial charge < -0.3 is 15.0 Å². The molecule has 20 heavy (non-hydrogen) atoms. The molecule has 2 aromatic carbocycles. The molecule has 0 radical (unpaired) electrons. The monoisotopic (exact) mass is 290 g/mol. The third-order valence-electron chi connectivity index (χ3n) is 3.10. The van der Waals surface area contributed by atoms with Gasteiger partial charge >= 0.3 is 0 Å². The molecule has 0 saturated heterocycles. The number of ether oxygens (including phenoxy) is 1. The third-order valence-corrected chi connectivity index (χ3v) is 3.34. The Labute approximate surface area is 125 Å². The molecule has 1 N–H and O–H groups in total. The number of methoxy groups -OCH3 is 1. The first-order chi connectivity index (χ1) is 9.61. The van der Waals surface area contributed by atoms with Crippen LogP contribution >= 0.6 is 11.6 Å². The van der Waals surface area contributed by atoms with E-state index in [4.69, 9.17) is 16.3 Å². The summed E-state index contributed by atoms with van der Waals surface area (Å²) in [5.41, 5.74) is 3.22. The standard InChI is InChI=1S/C16H19ClN2O/c1-19(2)15-9-8-13(17)10-14(15)18-11-12-6-4-5-7-16(12)20-3/h4-10,18H,11H2,1-3H3. The first kappa shape index (κ1) is 14.5. The minimum Gasteiger partial charge on any atom is -0.496 e. The summed E-state index contributed by atoms with van der Waals surface area (Å²) < 4.78 is 5.36. The lowest BCUT2D eigenvalue weighted by Gasteiger charge is -2.19. The Kier molecular flexibility index (Phi) is 4.74. The Morgan fingerprint density at radius 2 is 1.90 bits per heavy atom. The quantitative estimate of drug-likeness (QED) is 0.900. The summed E-state index contributed by atoms with van der Waals surface area (Å²) in [6, 6.07) is 13.8. The highest BCUT2D eigenvalue weighted by Crippen LogP contribution is 2.29. The lowest BCUT2D eigenvalue weighted by atomic mass is 10.2. The molecule has 2 rings (SSSR count). The molecular formula is C16H19ClN2O. The molecule has 0 aliphatic carbocycles. The number of halogens is 1. The van der Waals surface area contributed by atoms with Crippen LogP contribution in [0.2, 0.25) is 5.02 Å². The number of benzene rings is 2. The van der Waals surface area contributed by atoms with Crippen LogP contribution in [0.5, 0.6) is 5.75 Å². The molecule has 0 fully saturated rings. The summed E-state index contributed by atoms with van der Waals surface area (Å²) in [6.45, 7) is 0.686. The number of hydrogen-bond donors (Lipinski definition) is 1. The first-order valence-electron chi connectivity index (χ1n) is 6.44. The molecule has 0 atom stereocenters. The molecule has 0 amide bonds. The molecule has 4 heteroatoms. The maximum atomic E-state index is 6.08. The van der Waals surface area contributed by atoms with E-state index < -0.39 is 0 Å². The number of nitrogens with one attached hydrogen (secondary N) is 1. The molecule has 0 aliphatic heterocycles. The molecule has 0 saturated carbocycles. The predicted molar refractivity (Wildman–Crippen MR) is 86.1 cm³/mol. The molecule has 0 bridgehead atoms. The third kappa shape index (κ3) is 3.36. The van der Waals surface area contributed by atoms with Crippen molar-refractivity contribution in [1.82, 2.24) is 0 Å². The topological polar surface area (TPSA) is 24.5 Å². The van der Waals surface area contributed by atoms with Gasteiger partial charge in [0.1, 0.15) is 5.75 Å². The van der Waals surface area contributed by atoms with Gasteiger partial charge in [0.05, 0.1) is 18.5 Å². The first-order valence-corrected chi connectivity index (χ1v) is 6.82. The minimum absolute atomic E-state index is 0.686. The second-order valence-electron chi connectivity index (χ2n) is 4.72. The van der Waals surface area contributed by atoms with Crippen LogP contribution in [0.1, 0.15) is 5.56 Å². The second kappa shape index (κ2) is 6.53. The molecule has 106 valence electrons. The van der Waals surface area contributed by atoms with E-state index in [0.717, 1.165) is 27.7 Å². The largest absolute Gasteiger partial charge is 0.496 e. The van der Waals surface area contributed by atoms with Crippen molar-refractivity contribution < 1.29 is 4.74 Å². The highest BCUT2D eigenvalue weighted by Gasteiger charge is 2.07. The van der Waals surface area contributed by atoms with Crippen molar-refractivity contribution in [3.8, 4) is 5.75 Å². The molecule has 2 aromatic rings. The SMILES string of the molecule is COc1ccccc1CNc1cc(Cl)ccc1N(C)C. The van der Waals surface area contributed by atoms with Crippen molar-refractivity contribution in [1.29, 1.82) is 0 Å². The fraction of sp³-hybridized carbons (Fsp3) is 0.250. The van der Waals surface area contributed by atoms with Gasteiger partial charge in [-0.05, 0) is 24.3 Å². The van der Waals surface area contributed by atoms with Gasteiger partial charge in [0, 0.05) is 31.2 Å². The van der Waals surface area contributed by atoms with Gasteiger partial charge in [-0.1, -0.05) is 29.8 Å². The average Bonchev–Trinajstić information content (AvgIpc) is 2.45. The summed E-state index contributed by atoms with van der Waals surface area (Å²) in [6.07, 6.45) is 0. The molecular weight excluding hydrogens is 272 g/mol. The second-order valence-corrected chi connectivity index (χ2v) is 5.16. The Bertz CT molecular complexity index is 584. The van der Waals surface area contributed by atoms with Crippen LogP contribution in [-0.2, 0) is 6.54 Å². The molecule has 0 spiro atoms. The molecule has 0 unspecified atom stereocenters. The van der Waals surface area contributed by atoms with Crippen molar-refractivity contribution in [3.05, 3.63) is 53.1 Å². The molecule has 3 nitrogen and oxygen atoms in total. The fourth-order valence-corrected chi connectivity index (χ4v) is 2.25. The van der Waals surface area contributed by atoms with Crippen molar-refractivity contribution >= 4 is 23.0 Å². The van der Waals surface area contributed by atoms with E-state index in [1.54, 1.807) is 7.11 Å². The Hall–Kier alpha value is -1.87. The van der Waals surface area contributed by atoms with E-state index >= 15 is 0 Å². The summed E-state index contributed by atoms with van der Waals surface area (Å²) in [5, 5.41) is 4.14. The van der Waals surface area contributed by atoms with Crippen molar-refractivity contribution in [2.75, 3.05) is 31.4 Å². The smallest absolute Gasteiger partial charge is 0.123 e. The zero-order valence-electron chi connectivity index (χ0n) is 12.0. The van der Waals surface area contributed by atoms with Crippen molar-refractivity contribution in [2.45, 2.75) is 6.54 Å². The predicted octanol–water partition coefficient (Wildman–Crippen LogP) is 4.03. The molecule has 0 heterocycles. The van der Waals surface area contributed by atoms with E-state index in [1.807, 2.05) is 56.6 Å². The number of para-hydroxylation sites is 1. The summed E-state index contributed by atoms with van der Waals surface area (Å²) in [4.78, 5) is 2.06. The van der Waals surface area contributed by atoms with Gasteiger partial charge in [-0.3, -0.25) is 0 Å². The van der Waals surface area contributed by atoms with Gasteiger partial charge in [0.2, 0.25) is 0 Å². The van der Waals surface area contributed by atoms with E-state index in [2.05, 4.69) is 10.2 Å². The normalized spacial score (nSPS) is 10.2. The molecule has 0 aromatic heterocycles. The van der Waals surface area contributed by atoms with Gasteiger partial charge in [0.15, 0.2) is 0 Å². The average molecular weight is 291 g/mol. The summed E-state index contributed by atoms with van der Waals surface area (Å²) in [5.74, 6) is 0.883. The van der Waals surface area contributed by atoms with Gasteiger partial charge in [-0.25, -0.2) is 0 Å². The van der Waals surface area contributed by atoms with Gasteiger partial charge in [-0.15, -0.1) is 0 Å². The van der Waals surface area contributed by atoms with Crippen LogP contribution < -0.4 is 15.0 Å². The maximum absolute atomic E-state index is 6.08. The fourth-order valence-electron chi connectivity index (χ4n) is 2.08. The zero-order chi connectivity index (χ0) is 14.5. The lowest BCUT2D eigenvalue weighted by molar-refractivity contribution is 0.410. The van der Waals surface area contributed by atoms with E-state index in [-0.39, 0.29) is 0 Å². The Morgan fingerprint density at radius 3 is 2.60 bits per heavy atom. The van der Waals surface area contributed by atoms with Gasteiger partial charge in [-0.2, -0.15) is 0 Å². The number of nitrogens with zero attached hydrogens (tertiary/aromatic N) is 1. The highest BCUT2D eigenvalue weighted by molar-refractivity contribution is 6.31. The highest BCUT2D eigenvalue weighted by atomic mass is 35.5. The van der Waals surface area contributed by atoms with Crippen LogP contribution in [0.15, 0.2) is 42.5 Å². The van der Waals surface area contributed by atoms with Crippen LogP contribution in [-0.4, -0.2) is 21.2 Å². The van der Waals surface area contributed by atoms with Crippen molar-refractivity contribution in [3.63, 3.8) is 0 Å². The van der Waals surface area contributed by atoms with Crippen LogP contribution in [0.4, 0.5) is 11.4 Å². The van der Waals surface area contributed by atoms with Crippen molar-refractivity contribution in [2.24, 2.45) is 0 Å². The summed E-state index contributed by atoms with van der Waals surface area (Å²) >= 11 is 6.08. The Morgan fingerprint density at radius 1 is 1.15 bits per heavy atom. The number of anilines is 2. The van der Waals surface area contributed by atoms with E-state index in [0.29, 0.717) is 6.54 Å². The zero-order valence-corrected chi connectivity index (χ0v) is 12.7. The Balaban J connectivity index is 2.20. The van der Waals surface area contributed by atoms with E-state index in [9.17, 15) is 0 Å². The van der Waals surface area contributed by atoms with Crippen LogP contribution in [0.3, 0.4) is 0 Å². The molecule has 0 aliphatic rings. The van der Waals surface area contributed by atoms with Crippen LogP contribution in [0, 0.1) is 0 Å².